The van der Waals surface area contributed by atoms with Crippen LogP contribution >= 0.6 is 12.4 Å². The molecule has 3 nitrogen and oxygen atoms in total. The van der Waals surface area contributed by atoms with Gasteiger partial charge in [0.2, 0.25) is 0 Å². The molecular weight excluding hydrogens is 310 g/mol. The maximum atomic E-state index is 5.39. The Labute approximate surface area is 143 Å². The highest BCUT2D eigenvalue weighted by Gasteiger charge is 2.15. The summed E-state index contributed by atoms with van der Waals surface area (Å²) >= 11 is 0. The Balaban J connectivity index is 0.00000192. The predicted octanol–water partition coefficient (Wildman–Crippen LogP) is 4.02. The Morgan fingerprint density at radius 3 is 2.52 bits per heavy atom. The summed E-state index contributed by atoms with van der Waals surface area (Å²) in [5.74, 6) is 1.52. The van der Waals surface area contributed by atoms with Gasteiger partial charge in [-0.25, -0.2) is 0 Å². The van der Waals surface area contributed by atoms with Crippen molar-refractivity contribution < 1.29 is 9.47 Å². The van der Waals surface area contributed by atoms with E-state index in [1.165, 1.54) is 22.3 Å². The van der Waals surface area contributed by atoms with Gasteiger partial charge in [-0.3, -0.25) is 4.99 Å². The van der Waals surface area contributed by atoms with Crippen molar-refractivity contribution >= 4 is 18.1 Å². The summed E-state index contributed by atoms with van der Waals surface area (Å²) in [6, 6.07) is 12.7. The molecule has 0 unspecified atom stereocenters. The zero-order chi connectivity index (χ0) is 15.5. The van der Waals surface area contributed by atoms with Crippen LogP contribution in [0.1, 0.15) is 22.3 Å². The molecule has 0 aromatic heterocycles. The van der Waals surface area contributed by atoms with E-state index in [2.05, 4.69) is 31.2 Å². The predicted molar refractivity (Wildman–Crippen MR) is 96.8 cm³/mol. The van der Waals surface area contributed by atoms with E-state index in [0.29, 0.717) is 0 Å². The summed E-state index contributed by atoms with van der Waals surface area (Å²) in [4.78, 5) is 4.74. The van der Waals surface area contributed by atoms with Gasteiger partial charge in [0.25, 0.3) is 0 Å². The van der Waals surface area contributed by atoms with Crippen LogP contribution in [0.5, 0.6) is 11.5 Å². The minimum absolute atomic E-state index is 0. The van der Waals surface area contributed by atoms with Crippen LogP contribution in [0.2, 0.25) is 0 Å². The highest BCUT2D eigenvalue weighted by molar-refractivity contribution is 6.03. The van der Waals surface area contributed by atoms with Crippen LogP contribution in [-0.4, -0.2) is 26.5 Å². The molecule has 0 N–H and O–H groups in total. The molecule has 0 saturated heterocycles. The molecule has 122 valence electrons. The molecule has 4 heteroatoms. The molecule has 0 amide bonds. The lowest BCUT2D eigenvalue weighted by atomic mass is 9.92. The lowest BCUT2D eigenvalue weighted by molar-refractivity contribution is 0.354. The van der Waals surface area contributed by atoms with Crippen molar-refractivity contribution in [3.8, 4) is 11.5 Å². The van der Waals surface area contributed by atoms with E-state index >= 15 is 0 Å². The molecule has 0 fully saturated rings. The zero-order valence-corrected chi connectivity index (χ0v) is 14.6. The Morgan fingerprint density at radius 2 is 1.78 bits per heavy atom. The Bertz CT molecular complexity index is 725. The molecule has 2 aromatic rings. The van der Waals surface area contributed by atoms with Gasteiger partial charge in [0.05, 0.1) is 14.2 Å². The summed E-state index contributed by atoms with van der Waals surface area (Å²) in [5, 5.41) is 0. The van der Waals surface area contributed by atoms with Gasteiger partial charge >= 0.3 is 0 Å². The van der Waals surface area contributed by atoms with Crippen molar-refractivity contribution in [2.24, 2.45) is 4.99 Å². The fourth-order valence-electron chi connectivity index (χ4n) is 2.94. The number of benzene rings is 2. The first-order valence-corrected chi connectivity index (χ1v) is 7.55. The molecular formula is C19H22ClNO2. The van der Waals surface area contributed by atoms with Gasteiger partial charge in [0.1, 0.15) is 0 Å². The summed E-state index contributed by atoms with van der Waals surface area (Å²) in [7, 11) is 3.32. The van der Waals surface area contributed by atoms with Crippen LogP contribution in [-0.2, 0) is 12.8 Å². The number of hydrogen-bond donors (Lipinski definition) is 0. The minimum atomic E-state index is 0. The summed E-state index contributed by atoms with van der Waals surface area (Å²) in [6.07, 6.45) is 1.85. The average molecular weight is 332 g/mol. The Morgan fingerprint density at radius 1 is 1.00 bits per heavy atom. The first-order valence-electron chi connectivity index (χ1n) is 7.55. The molecule has 0 bridgehead atoms. The van der Waals surface area contributed by atoms with E-state index in [9.17, 15) is 0 Å². The molecule has 0 spiro atoms. The molecule has 0 atom stereocenters. The minimum Gasteiger partial charge on any atom is -0.493 e. The topological polar surface area (TPSA) is 30.8 Å². The van der Waals surface area contributed by atoms with Crippen molar-refractivity contribution in [2.45, 2.75) is 19.8 Å². The molecule has 1 aliphatic rings. The normalized spacial score (nSPS) is 12.7. The van der Waals surface area contributed by atoms with Gasteiger partial charge in [0.15, 0.2) is 11.5 Å². The van der Waals surface area contributed by atoms with Crippen molar-refractivity contribution in [3.63, 3.8) is 0 Å². The van der Waals surface area contributed by atoms with Gasteiger partial charge < -0.3 is 9.47 Å². The molecule has 0 radical (unpaired) electrons. The molecule has 0 saturated carbocycles. The second kappa shape index (κ2) is 7.51. The quantitative estimate of drug-likeness (QED) is 0.847. The van der Waals surface area contributed by atoms with E-state index in [1.54, 1.807) is 14.2 Å². The number of hydrogen-bond acceptors (Lipinski definition) is 3. The maximum absolute atomic E-state index is 5.39. The second-order valence-corrected chi connectivity index (χ2v) is 5.61. The average Bonchev–Trinajstić information content (AvgIpc) is 2.54. The van der Waals surface area contributed by atoms with E-state index in [1.807, 2.05) is 12.1 Å². The van der Waals surface area contributed by atoms with Crippen LogP contribution in [0.3, 0.4) is 0 Å². The van der Waals surface area contributed by atoms with Gasteiger partial charge in [-0.1, -0.05) is 29.8 Å². The Hall–Kier alpha value is -2.00. The van der Waals surface area contributed by atoms with Crippen LogP contribution < -0.4 is 9.47 Å². The fourth-order valence-corrected chi connectivity index (χ4v) is 2.94. The number of rotatable bonds is 4. The van der Waals surface area contributed by atoms with Crippen LogP contribution in [0.25, 0.3) is 0 Å². The third-order valence-corrected chi connectivity index (χ3v) is 4.07. The van der Waals surface area contributed by atoms with Crippen LogP contribution in [0, 0.1) is 6.92 Å². The summed E-state index contributed by atoms with van der Waals surface area (Å²) in [6.45, 7) is 3.01. The SMILES string of the molecule is COc1ccc(CC2=NCCc3cc(C)ccc32)cc1OC.Cl. The van der Waals surface area contributed by atoms with Gasteiger partial charge in [-0.2, -0.15) is 0 Å². The Kier molecular flexibility index (Phi) is 5.67. The smallest absolute Gasteiger partial charge is 0.160 e. The lowest BCUT2D eigenvalue weighted by Gasteiger charge is -2.18. The van der Waals surface area contributed by atoms with Crippen molar-refractivity contribution in [2.75, 3.05) is 20.8 Å². The number of ether oxygens (including phenoxy) is 2. The molecule has 3 rings (SSSR count). The maximum Gasteiger partial charge on any atom is 0.160 e. The molecule has 23 heavy (non-hydrogen) atoms. The zero-order valence-electron chi connectivity index (χ0n) is 13.8. The standard InChI is InChI=1S/C19H21NO2.ClH/c1-13-4-6-16-15(10-13)8-9-20-17(16)11-14-5-7-18(21-2)19(12-14)22-3;/h4-7,10,12H,8-9,11H2,1-3H3;1H. The first-order chi connectivity index (χ1) is 10.7. The fraction of sp³-hybridized carbons (Fsp3) is 0.316. The van der Waals surface area contributed by atoms with Crippen molar-refractivity contribution in [1.29, 1.82) is 0 Å². The van der Waals surface area contributed by atoms with E-state index in [-0.39, 0.29) is 12.4 Å². The molecule has 0 aliphatic carbocycles. The third-order valence-electron chi connectivity index (χ3n) is 4.07. The van der Waals surface area contributed by atoms with Crippen molar-refractivity contribution in [1.82, 2.24) is 0 Å². The largest absolute Gasteiger partial charge is 0.493 e. The molecule has 2 aromatic carbocycles. The number of nitrogens with zero attached hydrogens (tertiary/aromatic N) is 1. The van der Waals surface area contributed by atoms with Crippen LogP contribution in [0.15, 0.2) is 41.4 Å². The molecule has 1 aliphatic heterocycles. The van der Waals surface area contributed by atoms with E-state index in [4.69, 9.17) is 14.5 Å². The third kappa shape index (κ3) is 3.67. The highest BCUT2D eigenvalue weighted by Crippen LogP contribution is 2.29. The van der Waals surface area contributed by atoms with Crippen LogP contribution in [0.4, 0.5) is 0 Å². The number of aliphatic imine (C=N–C) groups is 1. The van der Waals surface area contributed by atoms with E-state index < -0.39 is 0 Å². The first kappa shape index (κ1) is 17.4. The van der Waals surface area contributed by atoms with Gasteiger partial charge in [-0.15, -0.1) is 12.4 Å². The number of aryl methyl sites for hydroxylation is 1. The number of methoxy groups -OCH3 is 2. The summed E-state index contributed by atoms with van der Waals surface area (Å²) < 4.78 is 10.7. The van der Waals surface area contributed by atoms with Crippen molar-refractivity contribution in [3.05, 3.63) is 58.7 Å². The summed E-state index contributed by atoms with van der Waals surface area (Å²) in [5.41, 5.74) is 6.35. The second-order valence-electron chi connectivity index (χ2n) is 5.61. The van der Waals surface area contributed by atoms with Gasteiger partial charge in [0, 0.05) is 18.7 Å². The van der Waals surface area contributed by atoms with Gasteiger partial charge in [-0.05, 0) is 42.2 Å². The monoisotopic (exact) mass is 331 g/mol. The highest BCUT2D eigenvalue weighted by atomic mass is 35.5. The number of halogens is 1. The van der Waals surface area contributed by atoms with E-state index in [0.717, 1.165) is 36.6 Å². The molecule has 1 heterocycles. The lowest BCUT2D eigenvalue weighted by Crippen LogP contribution is -2.15. The number of fused-ring (bicyclic) bond motifs is 1.